The summed E-state index contributed by atoms with van der Waals surface area (Å²) in [7, 11) is 4.17. The maximum atomic E-state index is 5.77. The fourth-order valence-corrected chi connectivity index (χ4v) is 1.91. The molecule has 78 valence electrons. The number of aromatic nitrogens is 1. The highest BCUT2D eigenvalue weighted by atomic mass is 32.2. The molecule has 1 heterocycles. The smallest absolute Gasteiger partial charge is 0.119 e. The molecule has 3 nitrogen and oxygen atoms in total. The molecule has 0 bridgehead atoms. The van der Waals surface area contributed by atoms with Crippen LogP contribution in [0.25, 0.3) is 0 Å². The third-order valence-corrected chi connectivity index (χ3v) is 2.90. The molecule has 0 radical (unpaired) electrons. The van der Waals surface area contributed by atoms with Crippen molar-refractivity contribution >= 4 is 17.4 Å². The number of hydrogen-bond acceptors (Lipinski definition) is 4. The van der Waals surface area contributed by atoms with Crippen LogP contribution in [0, 0.1) is 0 Å². The van der Waals surface area contributed by atoms with E-state index in [1.165, 1.54) is 0 Å². The second-order valence-electron chi connectivity index (χ2n) is 3.40. The first-order valence-corrected chi connectivity index (χ1v) is 5.66. The van der Waals surface area contributed by atoms with Crippen LogP contribution in [0.4, 0.5) is 5.69 Å². The number of rotatable bonds is 5. The van der Waals surface area contributed by atoms with E-state index in [9.17, 15) is 0 Å². The van der Waals surface area contributed by atoms with E-state index in [1.54, 1.807) is 18.0 Å². The van der Waals surface area contributed by atoms with Crippen molar-refractivity contribution in [3.63, 3.8) is 0 Å². The zero-order valence-corrected chi connectivity index (χ0v) is 9.55. The zero-order chi connectivity index (χ0) is 10.4. The number of nitrogens with two attached hydrogens (primary N) is 1. The summed E-state index contributed by atoms with van der Waals surface area (Å²) in [6.45, 7) is 1.11. The van der Waals surface area contributed by atoms with Gasteiger partial charge in [0.1, 0.15) is 5.03 Å². The Morgan fingerprint density at radius 3 is 2.93 bits per heavy atom. The van der Waals surface area contributed by atoms with Gasteiger partial charge in [0.25, 0.3) is 0 Å². The Morgan fingerprint density at radius 2 is 2.29 bits per heavy atom. The Hall–Kier alpha value is -0.740. The predicted molar refractivity (Wildman–Crippen MR) is 62.5 cm³/mol. The Balaban J connectivity index is 2.28. The monoisotopic (exact) mass is 211 g/mol. The average Bonchev–Trinajstić information content (AvgIpc) is 2.15. The summed E-state index contributed by atoms with van der Waals surface area (Å²) in [5.41, 5.74) is 6.55. The molecule has 0 aliphatic heterocycles. The minimum atomic E-state index is 0.780. The SMILES string of the molecule is CN(C)CCCSc1ncccc1N. The minimum absolute atomic E-state index is 0.780. The van der Waals surface area contributed by atoms with Gasteiger partial charge in [0.2, 0.25) is 0 Å². The van der Waals surface area contributed by atoms with Gasteiger partial charge in [0.05, 0.1) is 5.69 Å². The normalized spacial score (nSPS) is 10.8. The van der Waals surface area contributed by atoms with E-state index in [2.05, 4.69) is 24.0 Å². The van der Waals surface area contributed by atoms with Crippen molar-refractivity contribution in [2.75, 3.05) is 32.1 Å². The molecular formula is C10H17N3S. The predicted octanol–water partition coefficient (Wildman–Crippen LogP) is 1.71. The van der Waals surface area contributed by atoms with E-state index in [0.29, 0.717) is 0 Å². The van der Waals surface area contributed by atoms with Crippen LogP contribution in [0.5, 0.6) is 0 Å². The molecule has 4 heteroatoms. The lowest BCUT2D eigenvalue weighted by molar-refractivity contribution is 0.410. The maximum absolute atomic E-state index is 5.77. The van der Waals surface area contributed by atoms with Gasteiger partial charge in [-0.05, 0) is 39.2 Å². The molecule has 0 unspecified atom stereocenters. The molecular weight excluding hydrogens is 194 g/mol. The van der Waals surface area contributed by atoms with Crippen molar-refractivity contribution in [2.24, 2.45) is 0 Å². The first kappa shape index (κ1) is 11.3. The van der Waals surface area contributed by atoms with Gasteiger partial charge in [-0.15, -0.1) is 11.8 Å². The van der Waals surface area contributed by atoms with Gasteiger partial charge in [-0.1, -0.05) is 0 Å². The number of pyridine rings is 1. The quantitative estimate of drug-likeness (QED) is 0.594. The summed E-state index contributed by atoms with van der Waals surface area (Å²) >= 11 is 1.73. The fraction of sp³-hybridized carbons (Fsp3) is 0.500. The summed E-state index contributed by atoms with van der Waals surface area (Å²) in [6, 6.07) is 3.75. The summed E-state index contributed by atoms with van der Waals surface area (Å²) in [5.74, 6) is 1.07. The van der Waals surface area contributed by atoms with E-state index in [1.807, 2.05) is 12.1 Å². The number of nitrogens with zero attached hydrogens (tertiary/aromatic N) is 2. The van der Waals surface area contributed by atoms with Crippen LogP contribution in [0.2, 0.25) is 0 Å². The average molecular weight is 211 g/mol. The van der Waals surface area contributed by atoms with E-state index < -0.39 is 0 Å². The van der Waals surface area contributed by atoms with Crippen LogP contribution in [-0.2, 0) is 0 Å². The van der Waals surface area contributed by atoms with E-state index >= 15 is 0 Å². The number of nitrogen functional groups attached to an aromatic ring is 1. The van der Waals surface area contributed by atoms with E-state index in [-0.39, 0.29) is 0 Å². The maximum Gasteiger partial charge on any atom is 0.119 e. The van der Waals surface area contributed by atoms with Gasteiger partial charge in [-0.3, -0.25) is 0 Å². The van der Waals surface area contributed by atoms with Crippen LogP contribution in [-0.4, -0.2) is 36.3 Å². The van der Waals surface area contributed by atoms with Crippen LogP contribution < -0.4 is 5.73 Å². The van der Waals surface area contributed by atoms with Gasteiger partial charge >= 0.3 is 0 Å². The lowest BCUT2D eigenvalue weighted by atomic mass is 10.4. The molecule has 2 N–H and O–H groups in total. The lowest BCUT2D eigenvalue weighted by Crippen LogP contribution is -2.13. The Kier molecular flexibility index (Phi) is 4.76. The molecule has 14 heavy (non-hydrogen) atoms. The molecule has 0 saturated heterocycles. The zero-order valence-electron chi connectivity index (χ0n) is 8.73. The number of thioether (sulfide) groups is 1. The van der Waals surface area contributed by atoms with Gasteiger partial charge in [0.15, 0.2) is 0 Å². The third kappa shape index (κ3) is 3.98. The molecule has 1 aromatic heterocycles. The molecule has 1 rings (SSSR count). The molecule has 0 spiro atoms. The van der Waals surface area contributed by atoms with Crippen molar-refractivity contribution in [2.45, 2.75) is 11.4 Å². The van der Waals surface area contributed by atoms with Crippen molar-refractivity contribution < 1.29 is 0 Å². The molecule has 0 amide bonds. The number of hydrogen-bond donors (Lipinski definition) is 1. The van der Waals surface area contributed by atoms with Gasteiger partial charge in [0, 0.05) is 11.9 Å². The first-order chi connectivity index (χ1) is 6.70. The van der Waals surface area contributed by atoms with Crippen molar-refractivity contribution in [3.8, 4) is 0 Å². The third-order valence-electron chi connectivity index (χ3n) is 1.79. The first-order valence-electron chi connectivity index (χ1n) is 4.68. The van der Waals surface area contributed by atoms with Crippen LogP contribution in [0.15, 0.2) is 23.4 Å². The summed E-state index contributed by atoms with van der Waals surface area (Å²) in [6.07, 6.45) is 2.94. The summed E-state index contributed by atoms with van der Waals surface area (Å²) in [4.78, 5) is 6.40. The standard InChI is InChI=1S/C10H17N3S/c1-13(2)7-4-8-14-10-9(11)5-3-6-12-10/h3,5-6H,4,7-8,11H2,1-2H3. The minimum Gasteiger partial charge on any atom is -0.397 e. The molecule has 0 fully saturated rings. The van der Waals surface area contributed by atoms with Crippen LogP contribution in [0.3, 0.4) is 0 Å². The Labute approximate surface area is 89.7 Å². The van der Waals surface area contributed by atoms with Crippen molar-refractivity contribution in [1.82, 2.24) is 9.88 Å². The number of anilines is 1. The van der Waals surface area contributed by atoms with Crippen molar-refractivity contribution in [1.29, 1.82) is 0 Å². The van der Waals surface area contributed by atoms with Gasteiger partial charge < -0.3 is 10.6 Å². The Bertz CT molecular complexity index is 276. The summed E-state index contributed by atoms with van der Waals surface area (Å²) in [5, 5.41) is 0.950. The highest BCUT2D eigenvalue weighted by Crippen LogP contribution is 2.21. The molecule has 1 aromatic rings. The molecule has 0 saturated carbocycles. The highest BCUT2D eigenvalue weighted by Gasteiger charge is 1.99. The Morgan fingerprint density at radius 1 is 1.50 bits per heavy atom. The summed E-state index contributed by atoms with van der Waals surface area (Å²) < 4.78 is 0. The highest BCUT2D eigenvalue weighted by molar-refractivity contribution is 7.99. The molecule has 0 atom stereocenters. The van der Waals surface area contributed by atoms with Crippen molar-refractivity contribution in [3.05, 3.63) is 18.3 Å². The van der Waals surface area contributed by atoms with Crippen LogP contribution in [0.1, 0.15) is 6.42 Å². The van der Waals surface area contributed by atoms with E-state index in [0.717, 1.165) is 29.4 Å². The van der Waals surface area contributed by atoms with E-state index in [4.69, 9.17) is 5.73 Å². The largest absolute Gasteiger partial charge is 0.397 e. The molecule has 0 aliphatic rings. The second kappa shape index (κ2) is 5.88. The fourth-order valence-electron chi connectivity index (χ4n) is 1.07. The lowest BCUT2D eigenvalue weighted by Gasteiger charge is -2.08. The molecule has 0 aliphatic carbocycles. The van der Waals surface area contributed by atoms with Gasteiger partial charge in [-0.25, -0.2) is 4.98 Å². The molecule has 0 aromatic carbocycles. The second-order valence-corrected chi connectivity index (χ2v) is 4.49. The van der Waals surface area contributed by atoms with Crippen LogP contribution >= 0.6 is 11.8 Å². The van der Waals surface area contributed by atoms with Gasteiger partial charge in [-0.2, -0.15) is 0 Å². The topological polar surface area (TPSA) is 42.2 Å².